The highest BCUT2D eigenvalue weighted by molar-refractivity contribution is 7.81. The summed E-state index contributed by atoms with van der Waals surface area (Å²) < 4.78 is -0.0348. The minimum atomic E-state index is -0.0348. The first-order valence-electron chi connectivity index (χ1n) is 6.07. The van der Waals surface area contributed by atoms with Gasteiger partial charge in [0.25, 0.3) is 0 Å². The van der Waals surface area contributed by atoms with Crippen LogP contribution in [-0.2, 0) is 4.79 Å². The standard InChI is InChI=1S/C13H27NOS/c1-7-12(3,4)9-11(15)14-10(2)8-13(5,6)16/h10,16H,7-9H2,1-6H3,(H,14,15)/t10-/m1/s1. The first kappa shape index (κ1) is 15.8. The predicted octanol–water partition coefficient (Wildman–Crippen LogP) is 3.42. The molecule has 1 atom stereocenters. The van der Waals surface area contributed by atoms with Crippen molar-refractivity contribution in [3.8, 4) is 0 Å². The van der Waals surface area contributed by atoms with Gasteiger partial charge in [-0.3, -0.25) is 4.79 Å². The lowest BCUT2D eigenvalue weighted by atomic mass is 9.86. The molecule has 0 saturated heterocycles. The second kappa shape index (κ2) is 5.95. The summed E-state index contributed by atoms with van der Waals surface area (Å²) in [7, 11) is 0. The molecule has 0 rings (SSSR count). The van der Waals surface area contributed by atoms with Crippen LogP contribution in [0.4, 0.5) is 0 Å². The van der Waals surface area contributed by atoms with E-state index in [-0.39, 0.29) is 22.1 Å². The average molecular weight is 245 g/mol. The number of thiol groups is 1. The van der Waals surface area contributed by atoms with E-state index < -0.39 is 0 Å². The average Bonchev–Trinajstić information content (AvgIpc) is 1.98. The van der Waals surface area contributed by atoms with Crippen molar-refractivity contribution in [1.82, 2.24) is 5.32 Å². The van der Waals surface area contributed by atoms with Gasteiger partial charge in [0.05, 0.1) is 0 Å². The summed E-state index contributed by atoms with van der Waals surface area (Å²) in [6, 6.07) is 0.188. The number of rotatable bonds is 6. The smallest absolute Gasteiger partial charge is 0.220 e. The Morgan fingerprint density at radius 3 is 2.19 bits per heavy atom. The summed E-state index contributed by atoms with van der Waals surface area (Å²) in [6.07, 6.45) is 2.50. The third-order valence-corrected chi connectivity index (χ3v) is 2.99. The van der Waals surface area contributed by atoms with E-state index in [1.807, 2.05) is 6.92 Å². The Morgan fingerprint density at radius 1 is 1.31 bits per heavy atom. The second-order valence-electron chi connectivity index (χ2n) is 6.18. The molecule has 0 heterocycles. The Labute approximate surface area is 106 Å². The van der Waals surface area contributed by atoms with E-state index in [1.165, 1.54) is 0 Å². The van der Waals surface area contributed by atoms with Gasteiger partial charge in [0.1, 0.15) is 0 Å². The van der Waals surface area contributed by atoms with Crippen LogP contribution in [0.3, 0.4) is 0 Å². The summed E-state index contributed by atoms with van der Waals surface area (Å²) in [5.41, 5.74) is 0.0975. The van der Waals surface area contributed by atoms with Crippen LogP contribution < -0.4 is 5.32 Å². The highest BCUT2D eigenvalue weighted by Crippen LogP contribution is 2.24. The second-order valence-corrected chi connectivity index (χ2v) is 7.39. The van der Waals surface area contributed by atoms with Crippen LogP contribution in [-0.4, -0.2) is 16.7 Å². The summed E-state index contributed by atoms with van der Waals surface area (Å²) in [4.78, 5) is 11.8. The molecule has 1 amide bonds. The fourth-order valence-electron chi connectivity index (χ4n) is 1.69. The van der Waals surface area contributed by atoms with Crippen LogP contribution >= 0.6 is 12.6 Å². The molecule has 96 valence electrons. The molecular weight excluding hydrogens is 218 g/mol. The number of nitrogens with one attached hydrogen (secondary N) is 1. The molecule has 0 aromatic rings. The van der Waals surface area contributed by atoms with Gasteiger partial charge in [-0.25, -0.2) is 0 Å². The van der Waals surface area contributed by atoms with E-state index in [1.54, 1.807) is 0 Å². The Hall–Kier alpha value is -0.180. The molecule has 0 unspecified atom stereocenters. The van der Waals surface area contributed by atoms with E-state index in [0.29, 0.717) is 6.42 Å². The molecule has 0 radical (unpaired) electrons. The van der Waals surface area contributed by atoms with Crippen molar-refractivity contribution in [2.75, 3.05) is 0 Å². The molecule has 0 fully saturated rings. The fourth-order valence-corrected chi connectivity index (χ4v) is 1.96. The lowest BCUT2D eigenvalue weighted by Crippen LogP contribution is -2.38. The topological polar surface area (TPSA) is 29.1 Å². The van der Waals surface area contributed by atoms with Crippen LogP contribution in [0.1, 0.15) is 60.8 Å². The molecule has 0 spiro atoms. The van der Waals surface area contributed by atoms with Crippen LogP contribution in [0, 0.1) is 5.41 Å². The largest absolute Gasteiger partial charge is 0.354 e. The number of hydrogen-bond donors (Lipinski definition) is 2. The number of amides is 1. The van der Waals surface area contributed by atoms with Gasteiger partial charge in [0.15, 0.2) is 0 Å². The van der Waals surface area contributed by atoms with Crippen LogP contribution in [0.5, 0.6) is 0 Å². The van der Waals surface area contributed by atoms with Crippen molar-refractivity contribution in [1.29, 1.82) is 0 Å². The normalized spacial score (nSPS) is 14.7. The van der Waals surface area contributed by atoms with E-state index in [2.05, 4.69) is 52.6 Å². The highest BCUT2D eigenvalue weighted by atomic mass is 32.1. The molecule has 0 saturated carbocycles. The Kier molecular flexibility index (Phi) is 5.88. The minimum absolute atomic E-state index is 0.0348. The van der Waals surface area contributed by atoms with Crippen molar-refractivity contribution in [3.63, 3.8) is 0 Å². The minimum Gasteiger partial charge on any atom is -0.354 e. The van der Waals surface area contributed by atoms with Crippen molar-refractivity contribution in [2.45, 2.75) is 71.6 Å². The first-order chi connectivity index (χ1) is 7.06. The zero-order valence-electron chi connectivity index (χ0n) is 11.6. The van der Waals surface area contributed by atoms with Gasteiger partial charge in [-0.1, -0.05) is 41.0 Å². The number of hydrogen-bond acceptors (Lipinski definition) is 2. The lowest BCUT2D eigenvalue weighted by Gasteiger charge is -2.26. The molecule has 0 aliphatic heterocycles. The molecule has 0 aliphatic rings. The molecule has 1 N–H and O–H groups in total. The fraction of sp³-hybridized carbons (Fsp3) is 0.923. The first-order valence-corrected chi connectivity index (χ1v) is 6.52. The van der Waals surface area contributed by atoms with Gasteiger partial charge < -0.3 is 5.32 Å². The van der Waals surface area contributed by atoms with E-state index in [4.69, 9.17) is 0 Å². The van der Waals surface area contributed by atoms with Crippen LogP contribution in [0.2, 0.25) is 0 Å². The zero-order valence-corrected chi connectivity index (χ0v) is 12.4. The summed E-state index contributed by atoms with van der Waals surface area (Å²) in [5, 5.41) is 3.04. The predicted molar refractivity (Wildman–Crippen MR) is 74.0 cm³/mol. The lowest BCUT2D eigenvalue weighted by molar-refractivity contribution is -0.123. The highest BCUT2D eigenvalue weighted by Gasteiger charge is 2.22. The molecular formula is C13H27NOS. The molecule has 0 aromatic heterocycles. The monoisotopic (exact) mass is 245 g/mol. The summed E-state index contributed by atoms with van der Waals surface area (Å²) in [5.74, 6) is 0.150. The Balaban J connectivity index is 4.06. The van der Waals surface area contributed by atoms with Gasteiger partial charge in [-0.15, -0.1) is 0 Å². The molecule has 0 aliphatic carbocycles. The van der Waals surface area contributed by atoms with E-state index in [9.17, 15) is 4.79 Å². The van der Waals surface area contributed by atoms with Crippen molar-refractivity contribution >= 4 is 18.5 Å². The number of carbonyl (C=O) groups excluding carboxylic acids is 1. The summed E-state index contributed by atoms with van der Waals surface area (Å²) >= 11 is 4.47. The van der Waals surface area contributed by atoms with Gasteiger partial charge in [-0.2, -0.15) is 12.6 Å². The third-order valence-electron chi connectivity index (χ3n) is 2.81. The molecule has 0 bridgehead atoms. The van der Waals surface area contributed by atoms with E-state index >= 15 is 0 Å². The molecule has 16 heavy (non-hydrogen) atoms. The third kappa shape index (κ3) is 8.03. The molecule has 0 aromatic carbocycles. The maximum atomic E-state index is 11.8. The van der Waals surface area contributed by atoms with Gasteiger partial charge >= 0.3 is 0 Å². The summed E-state index contributed by atoms with van der Waals surface area (Å²) in [6.45, 7) is 12.5. The maximum absolute atomic E-state index is 11.8. The van der Waals surface area contributed by atoms with Crippen molar-refractivity contribution in [3.05, 3.63) is 0 Å². The van der Waals surface area contributed by atoms with Crippen LogP contribution in [0.25, 0.3) is 0 Å². The van der Waals surface area contributed by atoms with Crippen molar-refractivity contribution in [2.24, 2.45) is 5.41 Å². The van der Waals surface area contributed by atoms with Crippen LogP contribution in [0.15, 0.2) is 0 Å². The Morgan fingerprint density at radius 2 is 1.81 bits per heavy atom. The van der Waals surface area contributed by atoms with Crippen molar-refractivity contribution < 1.29 is 4.79 Å². The van der Waals surface area contributed by atoms with Gasteiger partial charge in [-0.05, 0) is 18.8 Å². The molecule has 2 nitrogen and oxygen atoms in total. The Bertz CT molecular complexity index is 231. The molecule has 3 heteroatoms. The van der Waals surface area contributed by atoms with Gasteiger partial charge in [0.2, 0.25) is 5.91 Å². The number of carbonyl (C=O) groups is 1. The quantitative estimate of drug-likeness (QED) is 0.690. The SMILES string of the molecule is CCC(C)(C)CC(=O)N[C@H](C)CC(C)(C)S. The zero-order chi connectivity index (χ0) is 13.0. The van der Waals surface area contributed by atoms with E-state index in [0.717, 1.165) is 12.8 Å². The maximum Gasteiger partial charge on any atom is 0.220 e. The van der Waals surface area contributed by atoms with Gasteiger partial charge in [0, 0.05) is 17.2 Å².